The van der Waals surface area contributed by atoms with Gasteiger partial charge in [0.2, 0.25) is 11.8 Å². The van der Waals surface area contributed by atoms with Crippen LogP contribution >= 0.6 is 0 Å². The molecule has 4 rings (SSSR count). The first-order valence-electron chi connectivity index (χ1n) is 11.7. The van der Waals surface area contributed by atoms with E-state index in [1.54, 1.807) is 17.0 Å². The van der Waals surface area contributed by atoms with Crippen molar-refractivity contribution in [3.8, 4) is 5.75 Å². The van der Waals surface area contributed by atoms with Crippen LogP contribution in [0.15, 0.2) is 48.5 Å². The molecule has 2 saturated heterocycles. The summed E-state index contributed by atoms with van der Waals surface area (Å²) in [6, 6.07) is 11.5. The van der Waals surface area contributed by atoms with Gasteiger partial charge in [-0.2, -0.15) is 0 Å². The highest BCUT2D eigenvalue weighted by Crippen LogP contribution is 2.27. The molecule has 0 N–H and O–H groups in total. The van der Waals surface area contributed by atoms with Crippen LogP contribution in [-0.2, 0) is 20.7 Å². The molecule has 0 aliphatic carbocycles. The summed E-state index contributed by atoms with van der Waals surface area (Å²) < 4.78 is 38.5. The van der Waals surface area contributed by atoms with E-state index in [1.807, 2.05) is 4.90 Å². The Hall–Kier alpha value is -3.00. The maximum absolute atomic E-state index is 13.3. The lowest BCUT2D eigenvalue weighted by Crippen LogP contribution is -2.58. The van der Waals surface area contributed by atoms with Crippen molar-refractivity contribution in [2.75, 3.05) is 39.4 Å². The lowest BCUT2D eigenvalue weighted by molar-refractivity contribution is -0.166. The fourth-order valence-electron chi connectivity index (χ4n) is 4.47. The van der Waals surface area contributed by atoms with Crippen LogP contribution in [0, 0.1) is 11.6 Å². The number of morpholine rings is 1. The number of rotatable bonds is 7. The van der Waals surface area contributed by atoms with Crippen LogP contribution in [0.1, 0.15) is 31.2 Å². The molecule has 0 saturated carbocycles. The fraction of sp³-hybridized carbons (Fsp3) is 0.462. The van der Waals surface area contributed by atoms with E-state index < -0.39 is 5.60 Å². The maximum atomic E-state index is 13.3. The Kier molecular flexibility index (Phi) is 7.77. The summed E-state index contributed by atoms with van der Waals surface area (Å²) in [7, 11) is 0. The molecule has 2 aromatic rings. The number of nitrogens with zero attached hydrogens (tertiary/aromatic N) is 2. The maximum Gasteiger partial charge on any atom is 0.227 e. The first-order chi connectivity index (χ1) is 16.4. The number of hydrogen-bond acceptors (Lipinski definition) is 4. The summed E-state index contributed by atoms with van der Waals surface area (Å²) in [6.45, 7) is 2.37. The van der Waals surface area contributed by atoms with Crippen molar-refractivity contribution in [1.82, 2.24) is 9.80 Å². The Morgan fingerprint density at radius 2 is 1.50 bits per heavy atom. The highest BCUT2D eigenvalue weighted by Gasteiger charge is 2.42. The minimum absolute atomic E-state index is 0.0183. The van der Waals surface area contributed by atoms with Gasteiger partial charge in [0.25, 0.3) is 0 Å². The molecule has 1 atom stereocenters. The molecule has 8 heteroatoms. The van der Waals surface area contributed by atoms with Crippen LogP contribution in [-0.4, -0.2) is 66.6 Å². The van der Waals surface area contributed by atoms with E-state index >= 15 is 0 Å². The number of carbonyl (C=O) groups excluding carboxylic acids is 2. The van der Waals surface area contributed by atoms with Gasteiger partial charge in [-0.1, -0.05) is 12.1 Å². The predicted octanol–water partition coefficient (Wildman–Crippen LogP) is 3.59. The average molecular weight is 473 g/mol. The van der Waals surface area contributed by atoms with Gasteiger partial charge < -0.3 is 19.3 Å². The van der Waals surface area contributed by atoms with E-state index in [4.69, 9.17) is 9.47 Å². The van der Waals surface area contributed by atoms with Crippen LogP contribution in [0.5, 0.6) is 5.75 Å². The van der Waals surface area contributed by atoms with Crippen LogP contribution < -0.4 is 4.74 Å². The molecule has 0 radical (unpaired) electrons. The molecule has 182 valence electrons. The predicted molar refractivity (Wildman–Crippen MR) is 122 cm³/mol. The standard InChI is InChI=1S/C26H30F2N2O4/c27-21-6-4-20(5-7-21)16-24(31)30-14-15-34-26(18-30,17-25(32)29-12-2-1-3-13-29)19-33-23-10-8-22(28)9-11-23/h4-11H,1-3,12-19H2. The van der Waals surface area contributed by atoms with Crippen molar-refractivity contribution in [2.24, 2.45) is 0 Å². The molecule has 2 aliphatic rings. The molecule has 34 heavy (non-hydrogen) atoms. The minimum Gasteiger partial charge on any atom is -0.490 e. The van der Waals surface area contributed by atoms with Crippen LogP contribution in [0.2, 0.25) is 0 Å². The molecule has 2 aliphatic heterocycles. The number of piperidine rings is 1. The average Bonchev–Trinajstić information content (AvgIpc) is 2.86. The third-order valence-corrected chi connectivity index (χ3v) is 6.37. The van der Waals surface area contributed by atoms with Crippen molar-refractivity contribution in [2.45, 2.75) is 37.7 Å². The number of ether oxygens (including phenoxy) is 2. The molecule has 0 aromatic heterocycles. The second kappa shape index (κ2) is 11.0. The molecule has 2 amide bonds. The zero-order valence-electron chi connectivity index (χ0n) is 19.2. The van der Waals surface area contributed by atoms with Gasteiger partial charge in [-0.05, 0) is 61.2 Å². The molecule has 2 aromatic carbocycles. The largest absolute Gasteiger partial charge is 0.490 e. The molecule has 2 heterocycles. The second-order valence-electron chi connectivity index (χ2n) is 9.01. The van der Waals surface area contributed by atoms with Gasteiger partial charge in [0.15, 0.2) is 0 Å². The van der Waals surface area contributed by atoms with Gasteiger partial charge in [-0.15, -0.1) is 0 Å². The molecule has 6 nitrogen and oxygen atoms in total. The molecule has 0 bridgehead atoms. The molecule has 2 fully saturated rings. The topological polar surface area (TPSA) is 59.1 Å². The first-order valence-corrected chi connectivity index (χ1v) is 11.7. The summed E-state index contributed by atoms with van der Waals surface area (Å²) >= 11 is 0. The van der Waals surface area contributed by atoms with Crippen LogP contribution in [0.25, 0.3) is 0 Å². The Morgan fingerprint density at radius 1 is 0.853 bits per heavy atom. The van der Waals surface area contributed by atoms with Gasteiger partial charge in [-0.3, -0.25) is 9.59 Å². The number of halogens is 2. The molecular formula is C26H30F2N2O4. The zero-order chi connectivity index (χ0) is 24.0. The third kappa shape index (κ3) is 6.32. The zero-order valence-corrected chi connectivity index (χ0v) is 19.2. The van der Waals surface area contributed by atoms with E-state index in [2.05, 4.69) is 0 Å². The smallest absolute Gasteiger partial charge is 0.227 e. The monoisotopic (exact) mass is 472 g/mol. The lowest BCUT2D eigenvalue weighted by atomic mass is 9.95. The third-order valence-electron chi connectivity index (χ3n) is 6.37. The Bertz CT molecular complexity index is 977. The Balaban J connectivity index is 1.48. The number of carbonyl (C=O) groups is 2. The summed E-state index contributed by atoms with van der Waals surface area (Å²) in [6.07, 6.45) is 3.30. The van der Waals surface area contributed by atoms with Crippen molar-refractivity contribution >= 4 is 11.8 Å². The lowest BCUT2D eigenvalue weighted by Gasteiger charge is -2.43. The van der Waals surface area contributed by atoms with Gasteiger partial charge >= 0.3 is 0 Å². The van der Waals surface area contributed by atoms with E-state index in [9.17, 15) is 18.4 Å². The molecule has 1 unspecified atom stereocenters. The highest BCUT2D eigenvalue weighted by atomic mass is 19.1. The minimum atomic E-state index is -1.01. The molecular weight excluding hydrogens is 442 g/mol. The van der Waals surface area contributed by atoms with Gasteiger partial charge in [0, 0.05) is 19.6 Å². The Labute approximate surface area is 198 Å². The van der Waals surface area contributed by atoms with Crippen molar-refractivity contribution < 1.29 is 27.8 Å². The van der Waals surface area contributed by atoms with Gasteiger partial charge in [-0.25, -0.2) is 8.78 Å². The quantitative estimate of drug-likeness (QED) is 0.618. The van der Waals surface area contributed by atoms with Crippen molar-refractivity contribution in [3.05, 3.63) is 65.7 Å². The van der Waals surface area contributed by atoms with E-state index in [0.29, 0.717) is 12.3 Å². The summed E-state index contributed by atoms with van der Waals surface area (Å²) in [5.74, 6) is -0.393. The van der Waals surface area contributed by atoms with E-state index in [0.717, 1.165) is 37.9 Å². The summed E-state index contributed by atoms with van der Waals surface area (Å²) in [5.41, 5.74) is -0.296. The van der Waals surface area contributed by atoms with Crippen molar-refractivity contribution in [3.63, 3.8) is 0 Å². The van der Waals surface area contributed by atoms with E-state index in [1.165, 1.54) is 36.4 Å². The Morgan fingerprint density at radius 3 is 2.18 bits per heavy atom. The number of amides is 2. The van der Waals surface area contributed by atoms with Crippen molar-refractivity contribution in [1.29, 1.82) is 0 Å². The van der Waals surface area contributed by atoms with Crippen LogP contribution in [0.3, 0.4) is 0 Å². The molecule has 0 spiro atoms. The fourth-order valence-corrected chi connectivity index (χ4v) is 4.47. The number of likely N-dealkylation sites (tertiary alicyclic amines) is 1. The number of benzene rings is 2. The normalized spacial score (nSPS) is 20.8. The van der Waals surface area contributed by atoms with Crippen LogP contribution in [0.4, 0.5) is 8.78 Å². The second-order valence-corrected chi connectivity index (χ2v) is 9.01. The SMILES string of the molecule is O=C(CC1(COc2ccc(F)cc2)CN(C(=O)Cc2ccc(F)cc2)CCO1)N1CCCCC1. The van der Waals surface area contributed by atoms with E-state index in [-0.39, 0.29) is 56.0 Å². The summed E-state index contributed by atoms with van der Waals surface area (Å²) in [5, 5.41) is 0. The summed E-state index contributed by atoms with van der Waals surface area (Å²) in [4.78, 5) is 29.7. The van der Waals surface area contributed by atoms with Gasteiger partial charge in [0.05, 0.1) is 26.0 Å². The first kappa shape index (κ1) is 24.1. The number of hydrogen-bond donors (Lipinski definition) is 0. The van der Waals surface area contributed by atoms with Gasteiger partial charge in [0.1, 0.15) is 29.6 Å². The highest BCUT2D eigenvalue weighted by molar-refractivity contribution is 5.80.